The summed E-state index contributed by atoms with van der Waals surface area (Å²) in [5.74, 6) is -0.361. The van der Waals surface area contributed by atoms with E-state index < -0.39 is 10.0 Å². The molecule has 0 aliphatic heterocycles. The van der Waals surface area contributed by atoms with E-state index in [1.54, 1.807) is 62.5 Å². The Labute approximate surface area is 188 Å². The lowest BCUT2D eigenvalue weighted by atomic mass is 10.2. The van der Waals surface area contributed by atoms with E-state index >= 15 is 0 Å². The SMILES string of the molecule is Cc1ccc(S(=O)(=O)Nc2ccc(NC(=O)c3sc4ncn(C)c(=O)c4c3C)cc2)cc1. The molecule has 0 unspecified atom stereocenters. The quantitative estimate of drug-likeness (QED) is 0.464. The van der Waals surface area contributed by atoms with Crippen LogP contribution in [0.5, 0.6) is 0 Å². The molecular formula is C22H20N4O4S2. The van der Waals surface area contributed by atoms with Gasteiger partial charge in [0.25, 0.3) is 21.5 Å². The molecule has 4 rings (SSSR count). The number of thiophene rings is 1. The van der Waals surface area contributed by atoms with Crippen LogP contribution in [0.2, 0.25) is 0 Å². The first kappa shape index (κ1) is 21.7. The van der Waals surface area contributed by atoms with Gasteiger partial charge in [-0.3, -0.25) is 14.3 Å². The standard InChI is InChI=1S/C22H20N4O4S2/c1-13-4-10-17(11-5-13)32(29,30)25-16-8-6-15(7-9-16)24-20(27)19-14(2)18-21(31-19)23-12-26(3)22(18)28/h4-12,25H,1-3H3,(H,24,27). The molecule has 0 saturated heterocycles. The van der Waals surface area contributed by atoms with Gasteiger partial charge in [0.05, 0.1) is 21.5 Å². The zero-order chi connectivity index (χ0) is 23.0. The van der Waals surface area contributed by atoms with Crippen LogP contribution in [-0.4, -0.2) is 23.9 Å². The summed E-state index contributed by atoms with van der Waals surface area (Å²) in [7, 11) is -2.10. The van der Waals surface area contributed by atoms with Gasteiger partial charge in [-0.05, 0) is 55.8 Å². The molecule has 4 aromatic rings. The summed E-state index contributed by atoms with van der Waals surface area (Å²) in [6.07, 6.45) is 1.43. The van der Waals surface area contributed by atoms with E-state index in [0.29, 0.717) is 32.0 Å². The highest BCUT2D eigenvalue weighted by atomic mass is 32.2. The number of carbonyl (C=O) groups excluding carboxylic acids is 1. The molecule has 0 aliphatic rings. The Bertz CT molecular complexity index is 1490. The average Bonchev–Trinajstić information content (AvgIpc) is 3.09. The molecule has 164 valence electrons. The minimum Gasteiger partial charge on any atom is -0.321 e. The van der Waals surface area contributed by atoms with Gasteiger partial charge in [0.15, 0.2) is 0 Å². The van der Waals surface area contributed by atoms with Crippen molar-refractivity contribution in [1.29, 1.82) is 0 Å². The van der Waals surface area contributed by atoms with Crippen LogP contribution in [-0.2, 0) is 17.1 Å². The van der Waals surface area contributed by atoms with Crippen molar-refractivity contribution in [2.24, 2.45) is 7.05 Å². The van der Waals surface area contributed by atoms with Crippen molar-refractivity contribution in [2.45, 2.75) is 18.7 Å². The topological polar surface area (TPSA) is 110 Å². The number of hydrogen-bond donors (Lipinski definition) is 2. The Morgan fingerprint density at radius 3 is 2.28 bits per heavy atom. The molecule has 0 atom stereocenters. The highest BCUT2D eigenvalue weighted by molar-refractivity contribution is 7.92. The number of rotatable bonds is 5. The number of carbonyl (C=O) groups is 1. The number of aryl methyl sites for hydroxylation is 3. The average molecular weight is 469 g/mol. The molecule has 8 nitrogen and oxygen atoms in total. The second-order valence-corrected chi connectivity index (χ2v) is 10.0. The first-order chi connectivity index (χ1) is 15.2. The van der Waals surface area contributed by atoms with Crippen molar-refractivity contribution >= 4 is 48.9 Å². The Morgan fingerprint density at radius 2 is 1.62 bits per heavy atom. The summed E-state index contributed by atoms with van der Waals surface area (Å²) in [5.41, 5.74) is 2.21. The molecule has 2 heterocycles. The van der Waals surface area contributed by atoms with Crippen molar-refractivity contribution in [2.75, 3.05) is 10.0 Å². The van der Waals surface area contributed by atoms with Gasteiger partial charge in [0, 0.05) is 18.4 Å². The summed E-state index contributed by atoms with van der Waals surface area (Å²) in [6, 6.07) is 12.9. The normalized spacial score (nSPS) is 11.5. The monoisotopic (exact) mass is 468 g/mol. The van der Waals surface area contributed by atoms with Crippen LogP contribution in [0.1, 0.15) is 20.8 Å². The van der Waals surface area contributed by atoms with E-state index in [1.807, 2.05) is 6.92 Å². The summed E-state index contributed by atoms with van der Waals surface area (Å²) in [4.78, 5) is 30.4. The van der Waals surface area contributed by atoms with Crippen molar-refractivity contribution in [1.82, 2.24) is 9.55 Å². The lowest BCUT2D eigenvalue weighted by molar-refractivity contribution is 0.103. The summed E-state index contributed by atoms with van der Waals surface area (Å²) < 4.78 is 28.9. The van der Waals surface area contributed by atoms with Crippen LogP contribution in [0, 0.1) is 13.8 Å². The maximum Gasteiger partial charge on any atom is 0.266 e. The Morgan fingerprint density at radius 1 is 1.00 bits per heavy atom. The molecule has 2 aromatic carbocycles. The van der Waals surface area contributed by atoms with Crippen LogP contribution >= 0.6 is 11.3 Å². The van der Waals surface area contributed by atoms with Crippen LogP contribution in [0.15, 0.2) is 64.5 Å². The van der Waals surface area contributed by atoms with Gasteiger partial charge >= 0.3 is 0 Å². The van der Waals surface area contributed by atoms with Crippen molar-refractivity contribution in [3.05, 3.63) is 81.2 Å². The highest BCUT2D eigenvalue weighted by Gasteiger charge is 2.19. The number of fused-ring (bicyclic) bond motifs is 1. The van der Waals surface area contributed by atoms with Gasteiger partial charge in [-0.25, -0.2) is 13.4 Å². The van der Waals surface area contributed by atoms with E-state index in [0.717, 1.165) is 16.9 Å². The molecule has 0 spiro atoms. The Balaban J connectivity index is 1.52. The molecule has 32 heavy (non-hydrogen) atoms. The number of amides is 1. The van der Waals surface area contributed by atoms with E-state index in [2.05, 4.69) is 15.0 Å². The number of sulfonamides is 1. The number of nitrogens with one attached hydrogen (secondary N) is 2. The molecule has 0 fully saturated rings. The fourth-order valence-electron chi connectivity index (χ4n) is 3.17. The van der Waals surface area contributed by atoms with Gasteiger partial charge in [0.1, 0.15) is 4.83 Å². The van der Waals surface area contributed by atoms with Crippen molar-refractivity contribution < 1.29 is 13.2 Å². The highest BCUT2D eigenvalue weighted by Crippen LogP contribution is 2.28. The summed E-state index contributed by atoms with van der Waals surface area (Å²) >= 11 is 1.16. The Kier molecular flexibility index (Phi) is 5.57. The van der Waals surface area contributed by atoms with Gasteiger partial charge in [-0.2, -0.15) is 0 Å². The molecule has 2 N–H and O–H groups in total. The van der Waals surface area contributed by atoms with Crippen LogP contribution in [0.4, 0.5) is 11.4 Å². The number of anilines is 2. The molecule has 10 heteroatoms. The number of hydrogen-bond acceptors (Lipinski definition) is 6. The van der Waals surface area contributed by atoms with E-state index in [1.165, 1.54) is 10.9 Å². The second-order valence-electron chi connectivity index (χ2n) is 7.35. The fraction of sp³-hybridized carbons (Fsp3) is 0.136. The second kappa shape index (κ2) is 8.21. The van der Waals surface area contributed by atoms with Gasteiger partial charge in [-0.15, -0.1) is 11.3 Å². The molecule has 0 radical (unpaired) electrons. The first-order valence-electron chi connectivity index (χ1n) is 9.61. The molecule has 2 aromatic heterocycles. The third kappa shape index (κ3) is 4.14. The third-order valence-corrected chi connectivity index (χ3v) is 7.54. The lowest BCUT2D eigenvalue weighted by Crippen LogP contribution is -2.17. The third-order valence-electron chi connectivity index (χ3n) is 4.94. The zero-order valence-electron chi connectivity index (χ0n) is 17.5. The zero-order valence-corrected chi connectivity index (χ0v) is 19.2. The molecule has 1 amide bonds. The molecule has 0 aliphatic carbocycles. The Hall–Kier alpha value is -3.50. The van der Waals surface area contributed by atoms with Gasteiger partial charge in [-0.1, -0.05) is 17.7 Å². The van der Waals surface area contributed by atoms with Gasteiger partial charge in [0.2, 0.25) is 0 Å². The predicted molar refractivity (Wildman–Crippen MR) is 126 cm³/mol. The van der Waals surface area contributed by atoms with Crippen molar-refractivity contribution in [3.63, 3.8) is 0 Å². The maximum absolute atomic E-state index is 12.8. The number of nitrogens with zero attached hydrogens (tertiary/aromatic N) is 2. The van der Waals surface area contributed by atoms with Crippen LogP contribution in [0.3, 0.4) is 0 Å². The van der Waals surface area contributed by atoms with Crippen LogP contribution in [0.25, 0.3) is 10.2 Å². The molecule has 0 bridgehead atoms. The van der Waals surface area contributed by atoms with E-state index in [-0.39, 0.29) is 16.4 Å². The summed E-state index contributed by atoms with van der Waals surface area (Å²) in [5, 5.41) is 3.22. The summed E-state index contributed by atoms with van der Waals surface area (Å²) in [6.45, 7) is 3.60. The first-order valence-corrected chi connectivity index (χ1v) is 11.9. The smallest absolute Gasteiger partial charge is 0.266 e. The lowest BCUT2D eigenvalue weighted by Gasteiger charge is -2.10. The van der Waals surface area contributed by atoms with E-state index in [4.69, 9.17) is 0 Å². The van der Waals surface area contributed by atoms with Crippen molar-refractivity contribution in [3.8, 4) is 0 Å². The largest absolute Gasteiger partial charge is 0.321 e. The van der Waals surface area contributed by atoms with E-state index in [9.17, 15) is 18.0 Å². The van der Waals surface area contributed by atoms with Crippen LogP contribution < -0.4 is 15.6 Å². The minimum atomic E-state index is -3.71. The number of aromatic nitrogens is 2. The maximum atomic E-state index is 12.8. The van der Waals surface area contributed by atoms with Gasteiger partial charge < -0.3 is 9.88 Å². The fourth-order valence-corrected chi connectivity index (χ4v) is 5.26. The molecular weight excluding hydrogens is 448 g/mol. The number of benzene rings is 2. The molecule has 0 saturated carbocycles. The predicted octanol–water partition coefficient (Wildman–Crippen LogP) is 3.66. The minimum absolute atomic E-state index is 0.167.